The number of hydrogen-bond acceptors (Lipinski definition) is 2. The summed E-state index contributed by atoms with van der Waals surface area (Å²) in [6, 6.07) is 15.2. The number of benzene rings is 1. The number of nitrogens with zero attached hydrogens (tertiary/aromatic N) is 2. The SMILES string of the molecule is Cc1cc(/C=C(\C#N)C(=O)NCC2(c3ccccc3)CCC2)c(C)n1C1CC1. The van der Waals surface area contributed by atoms with E-state index in [-0.39, 0.29) is 16.9 Å². The third-order valence-electron chi connectivity index (χ3n) is 6.38. The van der Waals surface area contributed by atoms with Crippen molar-refractivity contribution >= 4 is 12.0 Å². The minimum absolute atomic E-state index is 0.0132. The minimum atomic E-state index is -0.277. The van der Waals surface area contributed by atoms with Crippen LogP contribution in [0.3, 0.4) is 0 Å². The molecule has 0 radical (unpaired) electrons. The van der Waals surface area contributed by atoms with Gasteiger partial charge in [-0.2, -0.15) is 5.26 Å². The first-order valence-corrected chi connectivity index (χ1v) is 10.2. The number of aromatic nitrogens is 1. The fourth-order valence-electron chi connectivity index (χ4n) is 4.45. The van der Waals surface area contributed by atoms with E-state index in [4.69, 9.17) is 0 Å². The van der Waals surface area contributed by atoms with Gasteiger partial charge in [-0.25, -0.2) is 0 Å². The molecule has 0 spiro atoms. The summed E-state index contributed by atoms with van der Waals surface area (Å²) in [7, 11) is 0. The normalized spacial score (nSPS) is 18.2. The maximum absolute atomic E-state index is 12.7. The summed E-state index contributed by atoms with van der Waals surface area (Å²) in [6.07, 6.45) is 7.50. The van der Waals surface area contributed by atoms with Gasteiger partial charge >= 0.3 is 0 Å². The molecule has 0 unspecified atom stereocenters. The fraction of sp³-hybridized carbons (Fsp3) is 0.417. The van der Waals surface area contributed by atoms with E-state index in [2.05, 4.69) is 48.0 Å². The summed E-state index contributed by atoms with van der Waals surface area (Å²) in [5.74, 6) is -0.277. The Morgan fingerprint density at radius 3 is 2.57 bits per heavy atom. The second-order valence-corrected chi connectivity index (χ2v) is 8.28. The van der Waals surface area contributed by atoms with Crippen molar-refractivity contribution in [2.75, 3.05) is 6.54 Å². The molecular formula is C24H27N3O. The molecule has 2 saturated carbocycles. The van der Waals surface area contributed by atoms with Gasteiger partial charge in [-0.05, 0) is 62.8 Å². The van der Waals surface area contributed by atoms with E-state index in [9.17, 15) is 10.1 Å². The quantitative estimate of drug-likeness (QED) is 0.595. The zero-order chi connectivity index (χ0) is 19.7. The van der Waals surface area contributed by atoms with Gasteiger partial charge in [0, 0.05) is 29.4 Å². The van der Waals surface area contributed by atoms with Crippen molar-refractivity contribution in [3.8, 4) is 6.07 Å². The van der Waals surface area contributed by atoms with Crippen LogP contribution in [0.4, 0.5) is 0 Å². The zero-order valence-electron chi connectivity index (χ0n) is 16.7. The van der Waals surface area contributed by atoms with E-state index in [1.807, 2.05) is 18.2 Å². The fourth-order valence-corrected chi connectivity index (χ4v) is 4.45. The molecule has 2 fully saturated rings. The van der Waals surface area contributed by atoms with Crippen LogP contribution >= 0.6 is 0 Å². The molecule has 0 atom stereocenters. The number of nitrogens with one attached hydrogen (secondary N) is 1. The van der Waals surface area contributed by atoms with E-state index >= 15 is 0 Å². The first-order valence-electron chi connectivity index (χ1n) is 10.2. The highest BCUT2D eigenvalue weighted by molar-refractivity contribution is 6.01. The highest BCUT2D eigenvalue weighted by atomic mass is 16.1. The molecule has 0 bridgehead atoms. The summed E-state index contributed by atoms with van der Waals surface area (Å²) >= 11 is 0. The van der Waals surface area contributed by atoms with Crippen molar-refractivity contribution in [1.29, 1.82) is 5.26 Å². The first-order chi connectivity index (χ1) is 13.5. The van der Waals surface area contributed by atoms with Crippen LogP contribution in [-0.4, -0.2) is 17.0 Å². The van der Waals surface area contributed by atoms with Gasteiger partial charge in [-0.1, -0.05) is 36.8 Å². The van der Waals surface area contributed by atoms with Crippen LogP contribution in [0.25, 0.3) is 6.08 Å². The van der Waals surface area contributed by atoms with Crippen LogP contribution in [0.5, 0.6) is 0 Å². The highest BCUT2D eigenvalue weighted by Crippen LogP contribution is 2.43. The topological polar surface area (TPSA) is 57.8 Å². The van der Waals surface area contributed by atoms with Gasteiger partial charge in [0.1, 0.15) is 11.6 Å². The summed E-state index contributed by atoms with van der Waals surface area (Å²) in [5, 5.41) is 12.6. The Hall–Kier alpha value is -2.80. The second kappa shape index (κ2) is 7.31. The van der Waals surface area contributed by atoms with Gasteiger partial charge < -0.3 is 9.88 Å². The van der Waals surface area contributed by atoms with Crippen LogP contribution in [0.15, 0.2) is 42.0 Å². The standard InChI is InChI=1S/C24H27N3O/c1-17-13-19(18(2)27(17)22-9-10-22)14-20(15-25)23(28)26-16-24(11-6-12-24)21-7-4-3-5-8-21/h3-5,7-8,13-14,22H,6,9-12,16H2,1-2H3,(H,26,28)/b20-14+. The lowest BCUT2D eigenvalue weighted by Gasteiger charge is -2.42. The minimum Gasteiger partial charge on any atom is -0.351 e. The summed E-state index contributed by atoms with van der Waals surface area (Å²) < 4.78 is 2.33. The van der Waals surface area contributed by atoms with Crippen LogP contribution < -0.4 is 5.32 Å². The monoisotopic (exact) mass is 373 g/mol. The Bertz CT molecular complexity index is 954. The molecule has 28 heavy (non-hydrogen) atoms. The molecule has 2 aliphatic carbocycles. The van der Waals surface area contributed by atoms with Gasteiger partial charge in [0.25, 0.3) is 5.91 Å². The molecular weight excluding hydrogens is 346 g/mol. The van der Waals surface area contributed by atoms with E-state index in [1.54, 1.807) is 6.08 Å². The second-order valence-electron chi connectivity index (χ2n) is 8.28. The Labute approximate surface area is 166 Å². The van der Waals surface area contributed by atoms with E-state index in [1.165, 1.54) is 30.5 Å². The number of nitriles is 1. The average Bonchev–Trinajstić information content (AvgIpc) is 3.45. The predicted octanol–water partition coefficient (Wildman–Crippen LogP) is 4.58. The van der Waals surface area contributed by atoms with Crippen LogP contribution in [0.1, 0.15) is 60.7 Å². The molecule has 1 heterocycles. The molecule has 0 aliphatic heterocycles. The largest absolute Gasteiger partial charge is 0.351 e. The average molecular weight is 374 g/mol. The summed E-state index contributed by atoms with van der Waals surface area (Å²) in [4.78, 5) is 12.7. The lowest BCUT2D eigenvalue weighted by Crippen LogP contribution is -2.45. The van der Waals surface area contributed by atoms with E-state index in [0.29, 0.717) is 12.6 Å². The van der Waals surface area contributed by atoms with Gasteiger partial charge in [-0.3, -0.25) is 4.79 Å². The molecule has 4 heteroatoms. The number of carbonyl (C=O) groups is 1. The molecule has 0 saturated heterocycles. The molecule has 4 rings (SSSR count). The maximum Gasteiger partial charge on any atom is 0.261 e. The van der Waals surface area contributed by atoms with Gasteiger partial charge in [0.2, 0.25) is 0 Å². The van der Waals surface area contributed by atoms with Gasteiger partial charge in [-0.15, -0.1) is 0 Å². The Kier molecular flexibility index (Phi) is 4.85. The molecule has 1 amide bonds. The lowest BCUT2D eigenvalue weighted by atomic mass is 9.64. The van der Waals surface area contributed by atoms with Crippen molar-refractivity contribution < 1.29 is 4.79 Å². The summed E-state index contributed by atoms with van der Waals surface area (Å²) in [5.41, 5.74) is 4.77. The van der Waals surface area contributed by atoms with Crippen molar-refractivity contribution in [3.05, 3.63) is 64.5 Å². The van der Waals surface area contributed by atoms with Crippen LogP contribution in [0.2, 0.25) is 0 Å². The van der Waals surface area contributed by atoms with Gasteiger partial charge in [0.05, 0.1) is 0 Å². The predicted molar refractivity (Wildman–Crippen MR) is 111 cm³/mol. The van der Waals surface area contributed by atoms with Crippen LogP contribution in [0, 0.1) is 25.2 Å². The Morgan fingerprint density at radius 2 is 2.00 bits per heavy atom. The van der Waals surface area contributed by atoms with Crippen molar-refractivity contribution in [2.24, 2.45) is 0 Å². The molecule has 1 N–H and O–H groups in total. The molecule has 4 nitrogen and oxygen atoms in total. The zero-order valence-corrected chi connectivity index (χ0v) is 16.7. The molecule has 2 aliphatic rings. The lowest BCUT2D eigenvalue weighted by molar-refractivity contribution is -0.117. The van der Waals surface area contributed by atoms with E-state index in [0.717, 1.165) is 24.1 Å². The summed E-state index contributed by atoms with van der Waals surface area (Å²) in [6.45, 7) is 4.74. The number of carbonyl (C=O) groups excluding carboxylic acids is 1. The third kappa shape index (κ3) is 3.38. The van der Waals surface area contributed by atoms with Crippen LogP contribution in [-0.2, 0) is 10.2 Å². The number of amides is 1. The number of rotatable bonds is 6. The van der Waals surface area contributed by atoms with Gasteiger partial charge in [0.15, 0.2) is 0 Å². The third-order valence-corrected chi connectivity index (χ3v) is 6.38. The van der Waals surface area contributed by atoms with Crippen molar-refractivity contribution in [2.45, 2.75) is 57.4 Å². The first kappa shape index (κ1) is 18.6. The molecule has 1 aromatic heterocycles. The Morgan fingerprint density at radius 1 is 1.29 bits per heavy atom. The molecule has 1 aromatic carbocycles. The van der Waals surface area contributed by atoms with E-state index < -0.39 is 0 Å². The van der Waals surface area contributed by atoms with Crippen molar-refractivity contribution in [3.63, 3.8) is 0 Å². The maximum atomic E-state index is 12.7. The van der Waals surface area contributed by atoms with Crippen molar-refractivity contribution in [1.82, 2.24) is 9.88 Å². The Balaban J connectivity index is 1.50. The molecule has 144 valence electrons. The smallest absolute Gasteiger partial charge is 0.261 e. The number of hydrogen-bond donors (Lipinski definition) is 1. The molecule has 2 aromatic rings. The highest BCUT2D eigenvalue weighted by Gasteiger charge is 2.38. The number of aryl methyl sites for hydroxylation is 1.